The molecule has 0 aromatic heterocycles. The monoisotopic (exact) mass is 742 g/mol. The molecule has 286 valence electrons. The third-order valence-electron chi connectivity index (χ3n) is 7.18. The number of nitrogens with one attached hydrogen (secondary N) is 1. The first kappa shape index (κ1) is 40.8. The first-order valence-electron chi connectivity index (χ1n) is 16.7. The highest BCUT2D eigenvalue weighted by atomic mass is 16.7. The van der Waals surface area contributed by atoms with Gasteiger partial charge in [0.25, 0.3) is 5.91 Å². The van der Waals surface area contributed by atoms with Gasteiger partial charge in [-0.15, -0.1) is 0 Å². The number of nitrogens with two attached hydrogens (primary N) is 1. The zero-order valence-corrected chi connectivity index (χ0v) is 30.8. The molecule has 0 atom stereocenters. The van der Waals surface area contributed by atoms with Crippen LogP contribution in [0.4, 0.5) is 11.4 Å². The van der Waals surface area contributed by atoms with E-state index in [0.717, 1.165) is 11.1 Å². The molecule has 0 saturated carbocycles. The number of benzene rings is 5. The van der Waals surface area contributed by atoms with Gasteiger partial charge in [-0.3, -0.25) is 4.79 Å². The van der Waals surface area contributed by atoms with Crippen LogP contribution in [-0.2, 0) is 32.2 Å². The van der Waals surface area contributed by atoms with Crippen molar-refractivity contribution in [2.75, 3.05) is 66.7 Å². The molecule has 0 saturated heterocycles. The number of methoxy groups -OCH3 is 4. The van der Waals surface area contributed by atoms with Gasteiger partial charge >= 0.3 is 0 Å². The first-order chi connectivity index (χ1) is 26.4. The Morgan fingerprint density at radius 3 is 1.44 bits per heavy atom. The van der Waals surface area contributed by atoms with Crippen LogP contribution >= 0.6 is 0 Å². The summed E-state index contributed by atoms with van der Waals surface area (Å²) in [4.78, 5) is 13.2. The first-order valence-corrected chi connectivity index (χ1v) is 16.7. The highest BCUT2D eigenvalue weighted by molar-refractivity contribution is 6.04. The number of carbonyl (C=O) groups excluding carboxylic acids is 1. The highest BCUT2D eigenvalue weighted by Crippen LogP contribution is 2.33. The van der Waals surface area contributed by atoms with E-state index in [1.807, 2.05) is 60.7 Å². The Kier molecular flexibility index (Phi) is 17.2. The predicted octanol–water partition coefficient (Wildman–Crippen LogP) is 7.30. The Morgan fingerprint density at radius 2 is 0.907 bits per heavy atom. The maximum Gasteiger partial charge on any atom is 0.255 e. The second-order valence-corrected chi connectivity index (χ2v) is 11.2. The van der Waals surface area contributed by atoms with E-state index in [4.69, 9.17) is 53.1 Å². The molecule has 0 heterocycles. The molecule has 0 aliphatic rings. The fourth-order valence-electron chi connectivity index (χ4n) is 4.62. The van der Waals surface area contributed by atoms with Crippen LogP contribution in [-0.4, -0.2) is 61.5 Å². The predicted molar refractivity (Wildman–Crippen MR) is 203 cm³/mol. The maximum atomic E-state index is 13.2. The van der Waals surface area contributed by atoms with E-state index in [1.54, 1.807) is 68.8 Å². The lowest BCUT2D eigenvalue weighted by Crippen LogP contribution is -2.13. The Labute approximate surface area is 315 Å². The summed E-state index contributed by atoms with van der Waals surface area (Å²) in [6.45, 7) is 1.08. The average Bonchev–Trinajstić information content (AvgIpc) is 3.21. The van der Waals surface area contributed by atoms with Crippen molar-refractivity contribution in [2.45, 2.75) is 13.2 Å². The molecule has 0 aliphatic heterocycles. The minimum Gasteiger partial charge on any atom is -0.485 e. The summed E-state index contributed by atoms with van der Waals surface area (Å²) in [5, 5.41) is 2.89. The molecule has 3 N–H and O–H groups in total. The Morgan fingerprint density at radius 1 is 0.481 bits per heavy atom. The molecule has 0 unspecified atom stereocenters. The van der Waals surface area contributed by atoms with Crippen molar-refractivity contribution in [1.29, 1.82) is 0 Å². The number of hydrogen-bond donors (Lipinski definition) is 2. The van der Waals surface area contributed by atoms with E-state index < -0.39 is 0 Å². The zero-order chi connectivity index (χ0) is 38.4. The summed E-state index contributed by atoms with van der Waals surface area (Å²) in [5.41, 5.74) is 9.18. The third-order valence-corrected chi connectivity index (χ3v) is 7.18. The molecule has 5 rings (SSSR count). The van der Waals surface area contributed by atoms with Crippen LogP contribution in [0.5, 0.6) is 34.5 Å². The van der Waals surface area contributed by atoms with Gasteiger partial charge in [-0.1, -0.05) is 60.7 Å². The van der Waals surface area contributed by atoms with Crippen LogP contribution in [0.25, 0.3) is 0 Å². The summed E-state index contributed by atoms with van der Waals surface area (Å²) in [6.07, 6.45) is 0. The standard InChI is InChI=1S/C31H31NO7.C10H15NO4/c1-34-21-38-28-16-14-26(18-30(28)39-22-35-2)32-31(33)25-13-15-27(36-19-23-9-5-3-6-10-23)29(17-25)37-20-24-11-7-4-8-12-24;1-12-6-14-9-4-3-8(11)5-10(9)15-7-13-2/h3-18H,19-22H2,1-2H3,(H,32,33);3-5H,6-7,11H2,1-2H3. The zero-order valence-electron chi connectivity index (χ0n) is 30.8. The number of carbonyl (C=O) groups is 1. The van der Waals surface area contributed by atoms with Gasteiger partial charge in [0.1, 0.15) is 13.2 Å². The van der Waals surface area contributed by atoms with Crippen molar-refractivity contribution in [3.05, 3.63) is 132 Å². The van der Waals surface area contributed by atoms with Gasteiger partial charge in [0, 0.05) is 57.5 Å². The third kappa shape index (κ3) is 13.5. The smallest absolute Gasteiger partial charge is 0.255 e. The summed E-state index contributed by atoms with van der Waals surface area (Å²) in [7, 11) is 6.14. The summed E-state index contributed by atoms with van der Waals surface area (Å²) >= 11 is 0. The Balaban J connectivity index is 0.000000363. The molecule has 54 heavy (non-hydrogen) atoms. The van der Waals surface area contributed by atoms with E-state index in [1.165, 1.54) is 14.2 Å². The second-order valence-electron chi connectivity index (χ2n) is 11.2. The molecule has 1 amide bonds. The Hall–Kier alpha value is -5.99. The van der Waals surface area contributed by atoms with E-state index in [9.17, 15) is 4.79 Å². The largest absolute Gasteiger partial charge is 0.485 e. The van der Waals surface area contributed by atoms with Crippen LogP contribution in [0.2, 0.25) is 0 Å². The van der Waals surface area contributed by atoms with E-state index >= 15 is 0 Å². The van der Waals surface area contributed by atoms with Gasteiger partial charge in [0.05, 0.1) is 0 Å². The SMILES string of the molecule is COCOc1ccc(N)cc1OCOC.COCOc1ccc(NC(=O)c2ccc(OCc3ccccc3)c(OCc3ccccc3)c2)cc1OCOC. The van der Waals surface area contributed by atoms with Crippen LogP contribution < -0.4 is 39.5 Å². The molecule has 0 fully saturated rings. The number of ether oxygens (including phenoxy) is 10. The molecule has 13 heteroatoms. The van der Waals surface area contributed by atoms with Crippen LogP contribution in [0.1, 0.15) is 21.5 Å². The lowest BCUT2D eigenvalue weighted by molar-refractivity contribution is 0.0323. The quantitative estimate of drug-likeness (QED) is 0.0609. The highest BCUT2D eigenvalue weighted by Gasteiger charge is 2.15. The molecule has 5 aromatic carbocycles. The molecule has 0 radical (unpaired) electrons. The number of nitrogen functional groups attached to an aromatic ring is 1. The molecule has 0 aliphatic carbocycles. The lowest BCUT2D eigenvalue weighted by atomic mass is 10.1. The van der Waals surface area contributed by atoms with Crippen molar-refractivity contribution >= 4 is 17.3 Å². The number of hydrogen-bond acceptors (Lipinski definition) is 12. The van der Waals surface area contributed by atoms with Gasteiger partial charge in [0.15, 0.2) is 61.7 Å². The van der Waals surface area contributed by atoms with Gasteiger partial charge < -0.3 is 58.4 Å². The topological polar surface area (TPSA) is 147 Å². The summed E-state index contributed by atoms with van der Waals surface area (Å²) < 4.78 is 53.4. The van der Waals surface area contributed by atoms with Crippen molar-refractivity contribution < 1.29 is 52.2 Å². The molecule has 0 bridgehead atoms. The van der Waals surface area contributed by atoms with E-state index in [0.29, 0.717) is 64.6 Å². The van der Waals surface area contributed by atoms with E-state index in [-0.39, 0.29) is 33.1 Å². The van der Waals surface area contributed by atoms with E-state index in [2.05, 4.69) is 5.32 Å². The van der Waals surface area contributed by atoms with Crippen LogP contribution in [0.15, 0.2) is 115 Å². The maximum absolute atomic E-state index is 13.2. The van der Waals surface area contributed by atoms with Gasteiger partial charge in [-0.2, -0.15) is 0 Å². The molecule has 0 spiro atoms. The minimum atomic E-state index is -0.322. The Bertz CT molecular complexity index is 1840. The summed E-state index contributed by atoms with van der Waals surface area (Å²) in [6, 6.07) is 35.0. The average molecular weight is 743 g/mol. The minimum absolute atomic E-state index is 0.0211. The number of anilines is 2. The normalized spacial score (nSPS) is 10.4. The van der Waals surface area contributed by atoms with Gasteiger partial charge in [0.2, 0.25) is 0 Å². The molecule has 5 aromatic rings. The van der Waals surface area contributed by atoms with Crippen molar-refractivity contribution in [1.82, 2.24) is 0 Å². The number of amides is 1. The fourth-order valence-corrected chi connectivity index (χ4v) is 4.62. The summed E-state index contributed by atoms with van der Waals surface area (Å²) in [5.74, 6) is 2.66. The van der Waals surface area contributed by atoms with Crippen molar-refractivity contribution in [3.63, 3.8) is 0 Å². The fraction of sp³-hybridized carbons (Fsp3) is 0.244. The second kappa shape index (κ2) is 22.8. The van der Waals surface area contributed by atoms with Gasteiger partial charge in [-0.25, -0.2) is 0 Å². The molecular weight excluding hydrogens is 696 g/mol. The van der Waals surface area contributed by atoms with Crippen molar-refractivity contribution in [2.24, 2.45) is 0 Å². The number of rotatable bonds is 20. The van der Waals surface area contributed by atoms with Crippen molar-refractivity contribution in [3.8, 4) is 34.5 Å². The van der Waals surface area contributed by atoms with Crippen LogP contribution in [0.3, 0.4) is 0 Å². The van der Waals surface area contributed by atoms with Crippen LogP contribution in [0, 0.1) is 0 Å². The molecular formula is C41H46N2O11. The van der Waals surface area contributed by atoms with Gasteiger partial charge in [-0.05, 0) is 53.6 Å². The lowest BCUT2D eigenvalue weighted by Gasteiger charge is -2.16. The molecule has 13 nitrogen and oxygen atoms in total.